The molecule has 3 aromatic rings. The number of rotatable bonds is 2. The monoisotopic (exact) mass is 352 g/mol. The van der Waals surface area contributed by atoms with Crippen LogP contribution >= 0.6 is 0 Å². The molecular formula is C20H20N2O4. The van der Waals surface area contributed by atoms with Gasteiger partial charge >= 0.3 is 12.2 Å². The summed E-state index contributed by atoms with van der Waals surface area (Å²) in [5, 5.41) is 3.29. The molecule has 3 rings (SSSR count). The Morgan fingerprint density at radius 3 is 2.31 bits per heavy atom. The van der Waals surface area contributed by atoms with Gasteiger partial charge in [0.2, 0.25) is 0 Å². The van der Waals surface area contributed by atoms with E-state index in [-0.39, 0.29) is 5.75 Å². The summed E-state index contributed by atoms with van der Waals surface area (Å²) in [4.78, 5) is 24.6. The summed E-state index contributed by atoms with van der Waals surface area (Å²) in [5.74, 6) is 0.278. The molecule has 0 aliphatic heterocycles. The summed E-state index contributed by atoms with van der Waals surface area (Å²) >= 11 is 0. The first kappa shape index (κ1) is 17.5. The molecular weight excluding hydrogens is 332 g/mol. The summed E-state index contributed by atoms with van der Waals surface area (Å²) in [6.07, 6.45) is 0.291. The molecule has 0 atom stereocenters. The van der Waals surface area contributed by atoms with E-state index in [9.17, 15) is 9.59 Å². The Morgan fingerprint density at radius 2 is 1.62 bits per heavy atom. The van der Waals surface area contributed by atoms with E-state index >= 15 is 0 Å². The molecule has 134 valence electrons. The van der Waals surface area contributed by atoms with Crippen molar-refractivity contribution < 1.29 is 19.1 Å². The number of aromatic nitrogens is 1. The number of amides is 1. The Hall–Kier alpha value is -3.28. The van der Waals surface area contributed by atoms with Gasteiger partial charge < -0.3 is 9.47 Å². The summed E-state index contributed by atoms with van der Waals surface area (Å²) < 4.78 is 12.2. The zero-order valence-corrected chi connectivity index (χ0v) is 14.9. The van der Waals surface area contributed by atoms with E-state index in [1.165, 1.54) is 10.8 Å². The average molecular weight is 352 g/mol. The van der Waals surface area contributed by atoms with Gasteiger partial charge in [-0.3, -0.25) is 5.32 Å². The van der Waals surface area contributed by atoms with Gasteiger partial charge in [0, 0.05) is 11.1 Å². The number of carbonyl (C=O) groups is 2. The second-order valence-corrected chi connectivity index (χ2v) is 6.74. The Labute approximate surface area is 151 Å². The van der Waals surface area contributed by atoms with Crippen LogP contribution in [-0.4, -0.2) is 22.4 Å². The number of benzene rings is 2. The van der Waals surface area contributed by atoms with Gasteiger partial charge in [-0.25, -0.2) is 14.2 Å². The number of carbonyl (C=O) groups excluding carboxylic acids is 2. The molecule has 0 radical (unpaired) electrons. The highest BCUT2D eigenvalue weighted by Crippen LogP contribution is 2.29. The van der Waals surface area contributed by atoms with Crippen molar-refractivity contribution in [2.45, 2.75) is 26.4 Å². The smallest absolute Gasteiger partial charge is 0.419 e. The van der Waals surface area contributed by atoms with Crippen LogP contribution in [0.25, 0.3) is 10.9 Å². The van der Waals surface area contributed by atoms with Gasteiger partial charge in [0.1, 0.15) is 5.60 Å². The number of para-hydroxylation sites is 2. The summed E-state index contributed by atoms with van der Waals surface area (Å²) in [7, 11) is 0. The predicted octanol–water partition coefficient (Wildman–Crippen LogP) is 5.04. The van der Waals surface area contributed by atoms with Crippen molar-refractivity contribution in [3.63, 3.8) is 0 Å². The quantitative estimate of drug-likeness (QED) is 0.702. The van der Waals surface area contributed by atoms with Gasteiger partial charge in [0.15, 0.2) is 5.75 Å². The van der Waals surface area contributed by atoms with Crippen molar-refractivity contribution in [1.82, 2.24) is 4.57 Å². The molecule has 26 heavy (non-hydrogen) atoms. The van der Waals surface area contributed by atoms with Gasteiger partial charge in [0.05, 0.1) is 11.7 Å². The first-order valence-corrected chi connectivity index (χ1v) is 8.21. The first-order valence-electron chi connectivity index (χ1n) is 8.21. The third kappa shape index (κ3) is 4.03. The van der Waals surface area contributed by atoms with Gasteiger partial charge in [-0.1, -0.05) is 30.3 Å². The third-order valence-corrected chi connectivity index (χ3v) is 3.49. The number of ether oxygens (including phenoxy) is 2. The molecule has 0 aliphatic carbocycles. The van der Waals surface area contributed by atoms with Crippen molar-refractivity contribution in [2.24, 2.45) is 0 Å². The van der Waals surface area contributed by atoms with E-state index in [0.29, 0.717) is 16.6 Å². The molecule has 0 saturated heterocycles. The Bertz CT molecular complexity index is 939. The number of nitrogens with one attached hydrogen (secondary N) is 1. The molecule has 6 nitrogen and oxygen atoms in total. The van der Waals surface area contributed by atoms with E-state index in [2.05, 4.69) is 5.32 Å². The minimum atomic E-state index is -0.636. The van der Waals surface area contributed by atoms with Crippen LogP contribution in [0.2, 0.25) is 0 Å². The zero-order valence-electron chi connectivity index (χ0n) is 14.9. The molecule has 0 saturated carbocycles. The molecule has 0 aliphatic rings. The molecule has 1 N–H and O–H groups in total. The molecule has 1 amide bonds. The molecule has 2 aromatic carbocycles. The van der Waals surface area contributed by atoms with Gasteiger partial charge in [-0.2, -0.15) is 0 Å². The molecule has 1 heterocycles. The lowest BCUT2D eigenvalue weighted by Gasteiger charge is -2.19. The van der Waals surface area contributed by atoms with Crippen molar-refractivity contribution >= 4 is 28.8 Å². The maximum atomic E-state index is 12.4. The number of anilines is 1. The lowest BCUT2D eigenvalue weighted by atomic mass is 10.2. The average Bonchev–Trinajstić information content (AvgIpc) is 2.93. The number of fused-ring (bicyclic) bond motifs is 1. The van der Waals surface area contributed by atoms with E-state index in [4.69, 9.17) is 9.47 Å². The molecule has 0 unspecified atom stereocenters. The lowest BCUT2D eigenvalue weighted by Crippen LogP contribution is -2.26. The normalized spacial score (nSPS) is 11.2. The van der Waals surface area contributed by atoms with Crippen LogP contribution in [0.3, 0.4) is 0 Å². The minimum Gasteiger partial charge on any atom is -0.443 e. The van der Waals surface area contributed by atoms with Crippen LogP contribution in [0.4, 0.5) is 15.3 Å². The van der Waals surface area contributed by atoms with Gasteiger partial charge in [-0.05, 0) is 45.0 Å². The molecule has 0 fully saturated rings. The van der Waals surface area contributed by atoms with E-state index < -0.39 is 17.8 Å². The molecule has 0 spiro atoms. The SMILES string of the molecule is CC(C)(C)OC(=O)n1cc(OC(=O)Nc2ccccc2)c2ccccc21. The fourth-order valence-corrected chi connectivity index (χ4v) is 2.46. The largest absolute Gasteiger partial charge is 0.443 e. The molecule has 1 aromatic heterocycles. The van der Waals surface area contributed by atoms with E-state index in [1.807, 2.05) is 24.3 Å². The summed E-state index contributed by atoms with van der Waals surface area (Å²) in [6.45, 7) is 5.38. The maximum Gasteiger partial charge on any atom is 0.419 e. The Kier molecular flexibility index (Phi) is 4.67. The van der Waals surface area contributed by atoms with E-state index in [1.54, 1.807) is 51.1 Å². The van der Waals surface area contributed by atoms with Crippen LogP contribution < -0.4 is 10.1 Å². The van der Waals surface area contributed by atoms with Crippen LogP contribution in [-0.2, 0) is 4.74 Å². The van der Waals surface area contributed by atoms with Crippen LogP contribution in [0.5, 0.6) is 5.75 Å². The van der Waals surface area contributed by atoms with Gasteiger partial charge in [-0.15, -0.1) is 0 Å². The fourth-order valence-electron chi connectivity index (χ4n) is 2.46. The standard InChI is InChI=1S/C20H20N2O4/c1-20(2,3)26-19(24)22-13-17(15-11-7-8-12-16(15)22)25-18(23)21-14-9-5-4-6-10-14/h4-13H,1-3H3,(H,21,23). The molecule has 6 heteroatoms. The van der Waals surface area contributed by atoms with Crippen LogP contribution in [0, 0.1) is 0 Å². The number of hydrogen-bond acceptors (Lipinski definition) is 4. The Morgan fingerprint density at radius 1 is 0.962 bits per heavy atom. The Balaban J connectivity index is 1.87. The summed E-state index contributed by atoms with van der Waals surface area (Å²) in [5.41, 5.74) is 0.589. The van der Waals surface area contributed by atoms with E-state index in [0.717, 1.165) is 0 Å². The zero-order chi connectivity index (χ0) is 18.7. The maximum absolute atomic E-state index is 12.4. The minimum absolute atomic E-state index is 0.278. The van der Waals surface area contributed by atoms with Crippen molar-refractivity contribution in [3.8, 4) is 5.75 Å². The highest BCUT2D eigenvalue weighted by atomic mass is 16.6. The highest BCUT2D eigenvalue weighted by molar-refractivity contribution is 5.96. The van der Waals surface area contributed by atoms with Gasteiger partial charge in [0.25, 0.3) is 0 Å². The number of nitrogens with zero attached hydrogens (tertiary/aromatic N) is 1. The van der Waals surface area contributed by atoms with Crippen molar-refractivity contribution in [2.75, 3.05) is 5.32 Å². The molecule has 0 bridgehead atoms. The predicted molar refractivity (Wildman–Crippen MR) is 99.7 cm³/mol. The second kappa shape index (κ2) is 6.92. The third-order valence-electron chi connectivity index (χ3n) is 3.49. The highest BCUT2D eigenvalue weighted by Gasteiger charge is 2.22. The van der Waals surface area contributed by atoms with Crippen LogP contribution in [0.15, 0.2) is 60.8 Å². The second-order valence-electron chi connectivity index (χ2n) is 6.74. The van der Waals surface area contributed by atoms with Crippen molar-refractivity contribution in [3.05, 3.63) is 60.8 Å². The topological polar surface area (TPSA) is 69.6 Å². The first-order chi connectivity index (χ1) is 12.3. The lowest BCUT2D eigenvalue weighted by molar-refractivity contribution is 0.0543. The number of hydrogen-bond donors (Lipinski definition) is 1. The van der Waals surface area contributed by atoms with Crippen LogP contribution in [0.1, 0.15) is 20.8 Å². The van der Waals surface area contributed by atoms with Crippen molar-refractivity contribution in [1.29, 1.82) is 0 Å². The summed E-state index contributed by atoms with van der Waals surface area (Å²) in [6, 6.07) is 16.1. The fraction of sp³-hybridized carbons (Fsp3) is 0.200.